The summed E-state index contributed by atoms with van der Waals surface area (Å²) in [5, 5.41) is 0.886. The second-order valence-electron chi connectivity index (χ2n) is 9.09. The van der Waals surface area contributed by atoms with E-state index in [1.54, 1.807) is 12.1 Å². The van der Waals surface area contributed by atoms with E-state index in [9.17, 15) is 22.8 Å². The van der Waals surface area contributed by atoms with Gasteiger partial charge in [-0.2, -0.15) is 0 Å². The van der Waals surface area contributed by atoms with Crippen LogP contribution in [0.1, 0.15) is 29.8 Å². The van der Waals surface area contributed by atoms with Crippen LogP contribution in [-0.4, -0.2) is 69.3 Å². The molecule has 5 rings (SSSR count). The molecule has 1 saturated heterocycles. The number of rotatable bonds is 5. The Hall–Kier alpha value is -3.63. The molecule has 38 heavy (non-hydrogen) atoms. The Balaban J connectivity index is 1.31. The molecule has 1 aromatic heterocycles. The number of sulfone groups is 1. The molecule has 2 aromatic carbocycles. The van der Waals surface area contributed by atoms with E-state index >= 15 is 0 Å². The van der Waals surface area contributed by atoms with E-state index in [2.05, 4.69) is 4.90 Å². The van der Waals surface area contributed by atoms with E-state index in [-0.39, 0.29) is 46.6 Å². The molecular weight excluding hydrogens is 530 g/mol. The molecule has 0 atom stereocenters. The van der Waals surface area contributed by atoms with Crippen LogP contribution in [0.4, 0.5) is 5.69 Å². The van der Waals surface area contributed by atoms with Gasteiger partial charge in [-0.1, -0.05) is 17.7 Å². The zero-order valence-electron chi connectivity index (χ0n) is 20.9. The van der Waals surface area contributed by atoms with Crippen molar-refractivity contribution < 1.29 is 22.4 Å². The maximum Gasteiger partial charge on any atom is 0.349 e. The first kappa shape index (κ1) is 26.0. The van der Waals surface area contributed by atoms with Crippen molar-refractivity contribution in [3.8, 4) is 0 Å². The number of hydrogen-bond donors (Lipinski definition) is 0. The SMILES string of the molecule is CCN(CC)c1ccc2cc(C(=O)N3CCN(C(=O)C4=Cc5c(Cl)cccc5S4(=O)=O)CC3)c(=O)oc2c1. The summed E-state index contributed by atoms with van der Waals surface area (Å²) in [5.41, 5.74) is 0.820. The van der Waals surface area contributed by atoms with Crippen LogP contribution >= 0.6 is 11.6 Å². The fourth-order valence-corrected chi connectivity index (χ4v) is 6.74. The maximum absolute atomic E-state index is 13.2. The lowest BCUT2D eigenvalue weighted by atomic mass is 10.1. The zero-order valence-corrected chi connectivity index (χ0v) is 22.5. The highest BCUT2D eigenvalue weighted by atomic mass is 35.5. The smallest absolute Gasteiger partial charge is 0.349 e. The van der Waals surface area contributed by atoms with E-state index in [1.165, 1.54) is 34.1 Å². The Labute approximate surface area is 224 Å². The number of piperazine rings is 1. The number of hydrogen-bond acceptors (Lipinski definition) is 7. The van der Waals surface area contributed by atoms with Gasteiger partial charge in [0.1, 0.15) is 16.1 Å². The normalized spacial score (nSPS) is 16.3. The van der Waals surface area contributed by atoms with E-state index < -0.39 is 27.3 Å². The van der Waals surface area contributed by atoms with Gasteiger partial charge in [-0.25, -0.2) is 13.2 Å². The lowest BCUT2D eigenvalue weighted by Crippen LogP contribution is -2.51. The van der Waals surface area contributed by atoms with E-state index in [0.29, 0.717) is 16.5 Å². The average molecular weight is 556 g/mol. The van der Waals surface area contributed by atoms with Gasteiger partial charge >= 0.3 is 5.63 Å². The van der Waals surface area contributed by atoms with Crippen LogP contribution in [0.15, 0.2) is 61.5 Å². The first-order chi connectivity index (χ1) is 18.1. The number of halogens is 1. The van der Waals surface area contributed by atoms with Gasteiger partial charge in [0.2, 0.25) is 9.84 Å². The highest BCUT2D eigenvalue weighted by Crippen LogP contribution is 2.37. The quantitative estimate of drug-likeness (QED) is 0.444. The van der Waals surface area contributed by atoms with Crippen molar-refractivity contribution in [1.82, 2.24) is 9.80 Å². The summed E-state index contributed by atoms with van der Waals surface area (Å²) in [5.74, 6) is -1.13. The second-order valence-corrected chi connectivity index (χ2v) is 11.4. The Kier molecular flexibility index (Phi) is 6.79. The molecule has 0 unspecified atom stereocenters. The lowest BCUT2D eigenvalue weighted by Gasteiger charge is -2.34. The van der Waals surface area contributed by atoms with Gasteiger partial charge in [-0.15, -0.1) is 0 Å². The number of benzene rings is 2. The van der Waals surface area contributed by atoms with Gasteiger partial charge < -0.3 is 19.1 Å². The Morgan fingerprint density at radius 2 is 1.63 bits per heavy atom. The number of fused-ring (bicyclic) bond motifs is 2. The summed E-state index contributed by atoms with van der Waals surface area (Å²) in [6, 6.07) is 11.6. The topological polar surface area (TPSA) is 108 Å². The predicted molar refractivity (Wildman–Crippen MR) is 145 cm³/mol. The van der Waals surface area contributed by atoms with Crippen LogP contribution in [0.2, 0.25) is 5.02 Å². The van der Waals surface area contributed by atoms with Crippen LogP contribution in [0.25, 0.3) is 17.0 Å². The maximum atomic E-state index is 13.2. The van der Waals surface area contributed by atoms with Gasteiger partial charge in [-0.3, -0.25) is 9.59 Å². The molecule has 0 aliphatic carbocycles. The minimum absolute atomic E-state index is 0.00871. The summed E-state index contributed by atoms with van der Waals surface area (Å²) >= 11 is 6.14. The van der Waals surface area contributed by atoms with Crippen LogP contribution < -0.4 is 10.5 Å². The first-order valence-electron chi connectivity index (χ1n) is 12.3. The van der Waals surface area contributed by atoms with Crippen LogP contribution in [0, 0.1) is 0 Å². The molecule has 0 radical (unpaired) electrons. The van der Waals surface area contributed by atoms with E-state index in [4.69, 9.17) is 16.0 Å². The van der Waals surface area contributed by atoms with Crippen LogP contribution in [-0.2, 0) is 14.6 Å². The Morgan fingerprint density at radius 3 is 2.26 bits per heavy atom. The molecule has 3 heterocycles. The summed E-state index contributed by atoms with van der Waals surface area (Å²) < 4.78 is 31.4. The molecule has 1 fully saturated rings. The minimum atomic E-state index is -3.98. The number of carbonyl (C=O) groups excluding carboxylic acids is 2. The molecule has 0 spiro atoms. The van der Waals surface area contributed by atoms with E-state index in [0.717, 1.165) is 18.8 Å². The molecule has 0 saturated carbocycles. The van der Waals surface area contributed by atoms with Gasteiger partial charge in [0.25, 0.3) is 11.8 Å². The molecule has 0 N–H and O–H groups in total. The van der Waals surface area contributed by atoms with Gasteiger partial charge in [0.05, 0.1) is 4.90 Å². The molecule has 2 amide bonds. The molecule has 2 aliphatic heterocycles. The van der Waals surface area contributed by atoms with Crippen molar-refractivity contribution in [2.75, 3.05) is 44.2 Å². The summed E-state index contributed by atoms with van der Waals surface area (Å²) in [4.78, 5) is 43.7. The van der Waals surface area contributed by atoms with Gasteiger partial charge in [0, 0.05) is 67.0 Å². The largest absolute Gasteiger partial charge is 0.422 e. The van der Waals surface area contributed by atoms with Crippen molar-refractivity contribution in [3.63, 3.8) is 0 Å². The number of anilines is 1. The van der Waals surface area contributed by atoms with E-state index in [1.807, 2.05) is 26.0 Å². The van der Waals surface area contributed by atoms with Crippen molar-refractivity contribution in [2.24, 2.45) is 0 Å². The molecular formula is C27H26ClN3O6S. The van der Waals surface area contributed by atoms with Crippen LogP contribution in [0.3, 0.4) is 0 Å². The molecule has 2 aliphatic rings. The van der Waals surface area contributed by atoms with Crippen molar-refractivity contribution in [1.29, 1.82) is 0 Å². The van der Waals surface area contributed by atoms with Crippen LogP contribution in [0.5, 0.6) is 0 Å². The zero-order chi connectivity index (χ0) is 27.2. The third-order valence-electron chi connectivity index (χ3n) is 7.01. The molecule has 11 heteroatoms. The molecule has 3 aromatic rings. The fourth-order valence-electron chi connectivity index (χ4n) is 4.87. The minimum Gasteiger partial charge on any atom is -0.422 e. The highest BCUT2D eigenvalue weighted by Gasteiger charge is 2.38. The van der Waals surface area contributed by atoms with Gasteiger partial charge in [-0.05, 0) is 50.3 Å². The third-order valence-corrected chi connectivity index (χ3v) is 9.15. The first-order valence-corrected chi connectivity index (χ1v) is 14.2. The number of amides is 2. The second kappa shape index (κ2) is 9.92. The lowest BCUT2D eigenvalue weighted by molar-refractivity contribution is -0.127. The van der Waals surface area contributed by atoms with Gasteiger partial charge in [0.15, 0.2) is 0 Å². The average Bonchev–Trinajstić information content (AvgIpc) is 3.19. The van der Waals surface area contributed by atoms with Crippen molar-refractivity contribution in [2.45, 2.75) is 18.7 Å². The number of carbonyl (C=O) groups is 2. The third kappa shape index (κ3) is 4.37. The van der Waals surface area contributed by atoms with Crippen molar-refractivity contribution in [3.05, 3.63) is 73.9 Å². The Bertz CT molecular complexity index is 1650. The predicted octanol–water partition coefficient (Wildman–Crippen LogP) is 3.41. The summed E-state index contributed by atoms with van der Waals surface area (Å²) in [6.07, 6.45) is 1.30. The highest BCUT2D eigenvalue weighted by molar-refractivity contribution is 7.96. The molecule has 198 valence electrons. The van der Waals surface area contributed by atoms with Crippen molar-refractivity contribution >= 4 is 56.0 Å². The summed E-state index contributed by atoms with van der Waals surface area (Å²) in [6.45, 7) is 6.21. The molecule has 9 nitrogen and oxygen atoms in total. The fraction of sp³-hybridized carbons (Fsp3) is 0.296. The standard InChI is InChI=1S/C27H26ClN3O6S/c1-3-29(4-2)18-9-8-17-14-20(27(34)37-22(17)15-18)25(32)30-10-12-31(13-11-30)26(33)24-16-19-21(28)6-5-7-23(19)38(24,35)36/h5-9,14-16H,3-4,10-13H2,1-2H3. The summed E-state index contributed by atoms with van der Waals surface area (Å²) in [7, 11) is -3.98. The Morgan fingerprint density at radius 1 is 0.974 bits per heavy atom. The molecule has 0 bridgehead atoms. The number of nitrogens with zero attached hydrogens (tertiary/aromatic N) is 3. The monoisotopic (exact) mass is 555 g/mol.